The summed E-state index contributed by atoms with van der Waals surface area (Å²) in [6.45, 7) is 1.53. The van der Waals surface area contributed by atoms with Gasteiger partial charge in [-0.1, -0.05) is 0 Å². The molecule has 0 unspecified atom stereocenters. The predicted molar refractivity (Wildman–Crippen MR) is 40.1 cm³/mol. The van der Waals surface area contributed by atoms with E-state index in [0.717, 1.165) is 0 Å². The van der Waals surface area contributed by atoms with Crippen LogP contribution >= 0.6 is 15.9 Å². The van der Waals surface area contributed by atoms with Crippen LogP contribution in [0.3, 0.4) is 0 Å². The fourth-order valence-electron chi connectivity index (χ4n) is 0.553. The van der Waals surface area contributed by atoms with Crippen LogP contribution in [0.25, 0.3) is 0 Å². The van der Waals surface area contributed by atoms with Crippen molar-refractivity contribution < 1.29 is 9.90 Å². The molecule has 1 aromatic heterocycles. The first-order chi connectivity index (χ1) is 5.11. The minimum atomic E-state index is -0.928. The number of nitrogens with zero attached hydrogens (tertiary/aromatic N) is 3. The Morgan fingerprint density at radius 3 is 2.91 bits per heavy atom. The van der Waals surface area contributed by atoms with Crippen molar-refractivity contribution in [3.05, 3.63) is 11.1 Å². The van der Waals surface area contributed by atoms with E-state index in [1.165, 1.54) is 17.9 Å². The molecule has 6 heteroatoms. The molecule has 1 rings (SSSR count). The number of rotatable bonds is 2. The molecule has 0 aliphatic heterocycles. The van der Waals surface area contributed by atoms with E-state index in [4.69, 9.17) is 5.11 Å². The van der Waals surface area contributed by atoms with Crippen LogP contribution in [0, 0.1) is 0 Å². The molecule has 0 saturated carbocycles. The molecule has 0 fully saturated rings. The first-order valence-electron chi connectivity index (χ1n) is 2.90. The molecule has 0 spiro atoms. The number of carboxylic acids is 1. The first kappa shape index (κ1) is 8.19. The molecule has 1 atom stereocenters. The smallest absolute Gasteiger partial charge is 0.328 e. The molecule has 1 N–H and O–H groups in total. The fraction of sp³-hybridized carbons (Fsp3) is 0.400. The third kappa shape index (κ3) is 1.76. The molecule has 0 radical (unpaired) electrons. The van der Waals surface area contributed by atoms with Crippen LogP contribution in [0.2, 0.25) is 0 Å². The zero-order chi connectivity index (χ0) is 8.43. The van der Waals surface area contributed by atoms with Crippen molar-refractivity contribution in [3.63, 3.8) is 0 Å². The molecule has 0 aromatic carbocycles. The third-order valence-electron chi connectivity index (χ3n) is 1.23. The van der Waals surface area contributed by atoms with Gasteiger partial charge in [-0.3, -0.25) is 0 Å². The van der Waals surface area contributed by atoms with E-state index in [2.05, 4.69) is 26.0 Å². The number of aromatic nitrogens is 3. The second-order valence-electron chi connectivity index (χ2n) is 2.01. The summed E-state index contributed by atoms with van der Waals surface area (Å²) < 4.78 is 1.66. The Kier molecular flexibility index (Phi) is 2.23. The SMILES string of the molecule is C[C@@H](C(=O)O)n1cnc(Br)n1. The third-order valence-corrected chi connectivity index (χ3v) is 1.60. The predicted octanol–water partition coefficient (Wildman–Crippen LogP) is 0.686. The highest BCUT2D eigenvalue weighted by Crippen LogP contribution is 2.06. The Morgan fingerprint density at radius 1 is 1.91 bits per heavy atom. The number of hydrogen-bond acceptors (Lipinski definition) is 3. The number of carbonyl (C=O) groups is 1. The van der Waals surface area contributed by atoms with Crippen LogP contribution in [0.1, 0.15) is 13.0 Å². The molecule has 1 heterocycles. The van der Waals surface area contributed by atoms with Gasteiger partial charge >= 0.3 is 5.97 Å². The van der Waals surface area contributed by atoms with Crippen molar-refractivity contribution in [1.29, 1.82) is 0 Å². The van der Waals surface area contributed by atoms with E-state index in [1.807, 2.05) is 0 Å². The van der Waals surface area contributed by atoms with E-state index in [1.54, 1.807) is 0 Å². The van der Waals surface area contributed by atoms with Crippen molar-refractivity contribution in [1.82, 2.24) is 14.8 Å². The Labute approximate surface area is 71.2 Å². The monoisotopic (exact) mass is 219 g/mol. The quantitative estimate of drug-likeness (QED) is 0.795. The summed E-state index contributed by atoms with van der Waals surface area (Å²) in [5.74, 6) is -0.928. The molecule has 1 aromatic rings. The van der Waals surface area contributed by atoms with E-state index < -0.39 is 12.0 Å². The average Bonchev–Trinajstić information content (AvgIpc) is 2.34. The molecule has 60 valence electrons. The molecule has 0 aliphatic carbocycles. The Balaban J connectivity index is 2.84. The maximum atomic E-state index is 10.4. The molecule has 0 aliphatic rings. The van der Waals surface area contributed by atoms with Gasteiger partial charge in [-0.15, -0.1) is 5.10 Å². The van der Waals surface area contributed by atoms with Crippen molar-refractivity contribution in [2.75, 3.05) is 0 Å². The lowest BCUT2D eigenvalue weighted by molar-refractivity contribution is -0.140. The number of aliphatic carboxylic acids is 1. The van der Waals surface area contributed by atoms with Crippen molar-refractivity contribution in [3.8, 4) is 0 Å². The van der Waals surface area contributed by atoms with Crippen molar-refractivity contribution in [2.24, 2.45) is 0 Å². The summed E-state index contributed by atoms with van der Waals surface area (Å²) in [6, 6.07) is -0.672. The Hall–Kier alpha value is -0.910. The van der Waals surface area contributed by atoms with Gasteiger partial charge in [0.1, 0.15) is 12.4 Å². The van der Waals surface area contributed by atoms with Crippen molar-refractivity contribution >= 4 is 21.9 Å². The lowest BCUT2D eigenvalue weighted by atomic mass is 10.4. The molecule has 11 heavy (non-hydrogen) atoms. The van der Waals surface area contributed by atoms with Crippen LogP contribution in [-0.2, 0) is 4.79 Å². The summed E-state index contributed by atoms with van der Waals surface area (Å²) >= 11 is 3.01. The molecule has 0 amide bonds. The van der Waals surface area contributed by atoms with Gasteiger partial charge in [-0.05, 0) is 22.9 Å². The standard InChI is InChI=1S/C5H6BrN3O2/c1-3(4(10)11)9-2-7-5(6)8-9/h2-3H,1H3,(H,10,11)/t3-/m0/s1. The Morgan fingerprint density at radius 2 is 2.55 bits per heavy atom. The second-order valence-corrected chi connectivity index (χ2v) is 2.72. The molecule has 0 bridgehead atoms. The van der Waals surface area contributed by atoms with E-state index >= 15 is 0 Å². The topological polar surface area (TPSA) is 68.0 Å². The van der Waals surface area contributed by atoms with Gasteiger partial charge in [0.25, 0.3) is 0 Å². The summed E-state index contributed by atoms with van der Waals surface area (Å²) in [6.07, 6.45) is 1.36. The van der Waals surface area contributed by atoms with Crippen LogP contribution in [-0.4, -0.2) is 25.8 Å². The van der Waals surface area contributed by atoms with Gasteiger partial charge in [0.05, 0.1) is 0 Å². The first-order valence-corrected chi connectivity index (χ1v) is 3.70. The second kappa shape index (κ2) is 3.00. The summed E-state index contributed by atoms with van der Waals surface area (Å²) in [4.78, 5) is 14.1. The minimum Gasteiger partial charge on any atom is -0.480 e. The van der Waals surface area contributed by atoms with Crippen LogP contribution < -0.4 is 0 Å². The largest absolute Gasteiger partial charge is 0.480 e. The van der Waals surface area contributed by atoms with Crippen LogP contribution in [0.15, 0.2) is 11.1 Å². The van der Waals surface area contributed by atoms with Gasteiger partial charge in [0.2, 0.25) is 4.73 Å². The van der Waals surface area contributed by atoms with Crippen LogP contribution in [0.4, 0.5) is 0 Å². The Bertz CT molecular complexity index is 272. The van der Waals surface area contributed by atoms with Crippen LogP contribution in [0.5, 0.6) is 0 Å². The highest BCUT2D eigenvalue weighted by atomic mass is 79.9. The minimum absolute atomic E-state index is 0.394. The van der Waals surface area contributed by atoms with Gasteiger partial charge in [-0.25, -0.2) is 14.5 Å². The maximum absolute atomic E-state index is 10.4. The zero-order valence-electron chi connectivity index (χ0n) is 5.73. The van der Waals surface area contributed by atoms with Gasteiger partial charge < -0.3 is 5.11 Å². The highest BCUT2D eigenvalue weighted by molar-refractivity contribution is 9.10. The number of hydrogen-bond donors (Lipinski definition) is 1. The van der Waals surface area contributed by atoms with Gasteiger partial charge in [0.15, 0.2) is 0 Å². The molecule has 5 nitrogen and oxygen atoms in total. The zero-order valence-corrected chi connectivity index (χ0v) is 7.32. The summed E-state index contributed by atoms with van der Waals surface area (Å²) in [5.41, 5.74) is 0. The normalized spacial score (nSPS) is 12.9. The highest BCUT2D eigenvalue weighted by Gasteiger charge is 2.13. The maximum Gasteiger partial charge on any atom is 0.328 e. The van der Waals surface area contributed by atoms with Gasteiger partial charge in [0, 0.05) is 0 Å². The average molecular weight is 220 g/mol. The fourth-order valence-corrected chi connectivity index (χ4v) is 0.828. The molecular weight excluding hydrogens is 214 g/mol. The number of halogens is 1. The number of carboxylic acid groups (broad SMARTS) is 1. The van der Waals surface area contributed by atoms with E-state index in [-0.39, 0.29) is 0 Å². The summed E-state index contributed by atoms with van der Waals surface area (Å²) in [5, 5.41) is 12.3. The lowest BCUT2D eigenvalue weighted by Crippen LogP contribution is -2.15. The van der Waals surface area contributed by atoms with Crippen molar-refractivity contribution in [2.45, 2.75) is 13.0 Å². The lowest BCUT2D eigenvalue weighted by Gasteiger charge is -2.03. The summed E-state index contributed by atoms with van der Waals surface area (Å²) in [7, 11) is 0. The van der Waals surface area contributed by atoms with Gasteiger partial charge in [-0.2, -0.15) is 0 Å². The molecular formula is C5H6BrN3O2. The molecule has 0 saturated heterocycles. The van der Waals surface area contributed by atoms with E-state index in [9.17, 15) is 4.79 Å². The van der Waals surface area contributed by atoms with E-state index in [0.29, 0.717) is 4.73 Å².